The van der Waals surface area contributed by atoms with Crippen LogP contribution in [-0.4, -0.2) is 13.2 Å². The topological polar surface area (TPSA) is 21.3 Å². The molecule has 19 heavy (non-hydrogen) atoms. The van der Waals surface area contributed by atoms with E-state index >= 15 is 0 Å². The van der Waals surface area contributed by atoms with Crippen molar-refractivity contribution in [3.8, 4) is 5.75 Å². The lowest BCUT2D eigenvalue weighted by Crippen LogP contribution is -2.12. The van der Waals surface area contributed by atoms with Gasteiger partial charge in [0.2, 0.25) is 0 Å². The molecule has 0 saturated carbocycles. The van der Waals surface area contributed by atoms with Crippen molar-refractivity contribution in [2.45, 2.75) is 0 Å². The van der Waals surface area contributed by atoms with E-state index in [-0.39, 0.29) is 11.6 Å². The predicted molar refractivity (Wildman–Crippen MR) is 74.5 cm³/mol. The summed E-state index contributed by atoms with van der Waals surface area (Å²) < 4.78 is 32.1. The van der Waals surface area contributed by atoms with Gasteiger partial charge in [-0.15, -0.1) is 0 Å². The second-order valence-corrected chi connectivity index (χ2v) is 4.77. The summed E-state index contributed by atoms with van der Waals surface area (Å²) in [4.78, 5) is 0. The Bertz CT molecular complexity index is 546. The maximum atomic E-state index is 13.4. The standard InChI is InChI=1S/C14H12BrF2NO/c15-10-1-6-13(17)14(9-10)19-8-7-18-12-4-2-11(16)3-5-12/h1-6,9,18H,7-8H2. The molecule has 5 heteroatoms. The van der Waals surface area contributed by atoms with Gasteiger partial charge in [0.15, 0.2) is 11.6 Å². The first-order chi connectivity index (χ1) is 9.15. The molecule has 0 spiro atoms. The molecule has 0 aliphatic heterocycles. The second kappa shape index (κ2) is 6.52. The Kier molecular flexibility index (Phi) is 4.74. The van der Waals surface area contributed by atoms with Crippen LogP contribution in [0.3, 0.4) is 0 Å². The molecule has 0 heterocycles. The Morgan fingerprint density at radius 1 is 1.05 bits per heavy atom. The van der Waals surface area contributed by atoms with Crippen molar-refractivity contribution in [3.63, 3.8) is 0 Å². The van der Waals surface area contributed by atoms with Crippen molar-refractivity contribution >= 4 is 21.6 Å². The van der Waals surface area contributed by atoms with Gasteiger partial charge in [0.1, 0.15) is 12.4 Å². The highest BCUT2D eigenvalue weighted by Crippen LogP contribution is 2.22. The summed E-state index contributed by atoms with van der Waals surface area (Å²) in [5.74, 6) is -0.474. The predicted octanol–water partition coefficient (Wildman–Crippen LogP) is 4.22. The van der Waals surface area contributed by atoms with Crippen molar-refractivity contribution in [1.82, 2.24) is 0 Å². The second-order valence-electron chi connectivity index (χ2n) is 3.86. The maximum absolute atomic E-state index is 13.4. The van der Waals surface area contributed by atoms with Gasteiger partial charge in [0.05, 0.1) is 0 Å². The van der Waals surface area contributed by atoms with Crippen LogP contribution in [0.25, 0.3) is 0 Å². The van der Waals surface area contributed by atoms with Gasteiger partial charge in [0.25, 0.3) is 0 Å². The Hall–Kier alpha value is -1.62. The molecule has 0 amide bonds. The molecule has 0 atom stereocenters. The Morgan fingerprint density at radius 3 is 2.53 bits per heavy atom. The van der Waals surface area contributed by atoms with Crippen LogP contribution in [0.15, 0.2) is 46.9 Å². The zero-order valence-corrected chi connectivity index (χ0v) is 11.6. The quantitative estimate of drug-likeness (QED) is 0.830. The molecule has 0 aliphatic rings. The number of ether oxygens (including phenoxy) is 1. The van der Waals surface area contributed by atoms with Gasteiger partial charge in [-0.25, -0.2) is 8.78 Å². The number of hydrogen-bond donors (Lipinski definition) is 1. The van der Waals surface area contributed by atoms with E-state index in [2.05, 4.69) is 21.2 Å². The average Bonchev–Trinajstić information content (AvgIpc) is 2.40. The van der Waals surface area contributed by atoms with Gasteiger partial charge in [-0.05, 0) is 42.5 Å². The average molecular weight is 328 g/mol. The van der Waals surface area contributed by atoms with Gasteiger partial charge in [0, 0.05) is 16.7 Å². The third-order valence-electron chi connectivity index (χ3n) is 2.43. The highest BCUT2D eigenvalue weighted by atomic mass is 79.9. The van der Waals surface area contributed by atoms with Crippen molar-refractivity contribution in [1.29, 1.82) is 0 Å². The number of nitrogens with one attached hydrogen (secondary N) is 1. The fourth-order valence-electron chi connectivity index (χ4n) is 1.51. The van der Waals surface area contributed by atoms with E-state index in [1.165, 1.54) is 18.2 Å². The summed E-state index contributed by atoms with van der Waals surface area (Å²) in [6.45, 7) is 0.808. The number of hydrogen-bond acceptors (Lipinski definition) is 2. The van der Waals surface area contributed by atoms with E-state index in [0.717, 1.165) is 10.2 Å². The first-order valence-corrected chi connectivity index (χ1v) is 6.52. The van der Waals surface area contributed by atoms with Crippen molar-refractivity contribution < 1.29 is 13.5 Å². The zero-order chi connectivity index (χ0) is 13.7. The molecule has 1 N–H and O–H groups in total. The maximum Gasteiger partial charge on any atom is 0.165 e. The monoisotopic (exact) mass is 327 g/mol. The lowest BCUT2D eigenvalue weighted by Gasteiger charge is -2.09. The van der Waals surface area contributed by atoms with Crippen LogP contribution in [0.5, 0.6) is 5.75 Å². The zero-order valence-electron chi connectivity index (χ0n) is 10.00. The third kappa shape index (κ3) is 4.21. The van der Waals surface area contributed by atoms with Crippen LogP contribution in [0.1, 0.15) is 0 Å². The summed E-state index contributed by atoms with van der Waals surface area (Å²) in [5, 5.41) is 3.05. The van der Waals surface area contributed by atoms with Crippen LogP contribution in [-0.2, 0) is 0 Å². The molecule has 0 bridgehead atoms. The smallest absolute Gasteiger partial charge is 0.165 e. The number of halogens is 3. The highest BCUT2D eigenvalue weighted by molar-refractivity contribution is 9.10. The molecule has 0 fully saturated rings. The summed E-state index contributed by atoms with van der Waals surface area (Å²) >= 11 is 3.25. The van der Waals surface area contributed by atoms with E-state index in [0.29, 0.717) is 13.2 Å². The van der Waals surface area contributed by atoms with Crippen LogP contribution in [0.4, 0.5) is 14.5 Å². The SMILES string of the molecule is Fc1ccc(NCCOc2cc(Br)ccc2F)cc1. The van der Waals surface area contributed by atoms with E-state index in [4.69, 9.17) is 4.74 Å². The van der Waals surface area contributed by atoms with Crippen molar-refractivity contribution in [2.75, 3.05) is 18.5 Å². The van der Waals surface area contributed by atoms with Gasteiger partial charge in [-0.3, -0.25) is 0 Å². The number of benzene rings is 2. The van der Waals surface area contributed by atoms with E-state index in [1.54, 1.807) is 24.3 Å². The van der Waals surface area contributed by atoms with E-state index in [1.807, 2.05) is 0 Å². The van der Waals surface area contributed by atoms with Crippen molar-refractivity contribution in [3.05, 3.63) is 58.6 Å². The minimum absolute atomic E-state index is 0.204. The molecule has 0 aromatic heterocycles. The molecular formula is C14H12BrF2NO. The first kappa shape index (κ1) is 13.8. The summed E-state index contributed by atoms with van der Waals surface area (Å²) in [6, 6.07) is 10.5. The lowest BCUT2D eigenvalue weighted by atomic mass is 10.3. The van der Waals surface area contributed by atoms with Crippen LogP contribution < -0.4 is 10.1 Å². The van der Waals surface area contributed by atoms with Gasteiger partial charge in [-0.1, -0.05) is 15.9 Å². The minimum atomic E-state index is -0.398. The Labute approximate surface area is 118 Å². The minimum Gasteiger partial charge on any atom is -0.489 e. The fraction of sp³-hybridized carbons (Fsp3) is 0.143. The Morgan fingerprint density at radius 2 is 1.79 bits per heavy atom. The first-order valence-electron chi connectivity index (χ1n) is 5.72. The fourth-order valence-corrected chi connectivity index (χ4v) is 1.85. The number of rotatable bonds is 5. The van der Waals surface area contributed by atoms with Gasteiger partial charge >= 0.3 is 0 Å². The van der Waals surface area contributed by atoms with Crippen LogP contribution >= 0.6 is 15.9 Å². The van der Waals surface area contributed by atoms with Gasteiger partial charge in [-0.2, -0.15) is 0 Å². The normalized spacial score (nSPS) is 10.3. The Balaban J connectivity index is 1.80. The number of anilines is 1. The van der Waals surface area contributed by atoms with Crippen LogP contribution in [0.2, 0.25) is 0 Å². The molecule has 2 rings (SSSR count). The summed E-state index contributed by atoms with van der Waals surface area (Å²) in [6.07, 6.45) is 0. The molecule has 2 aromatic rings. The largest absolute Gasteiger partial charge is 0.489 e. The molecule has 2 nitrogen and oxygen atoms in total. The summed E-state index contributed by atoms with van der Waals surface area (Å²) in [7, 11) is 0. The molecule has 0 radical (unpaired) electrons. The lowest BCUT2D eigenvalue weighted by molar-refractivity contribution is 0.315. The molecule has 0 aliphatic carbocycles. The van der Waals surface area contributed by atoms with E-state index < -0.39 is 5.82 Å². The molecule has 0 unspecified atom stereocenters. The third-order valence-corrected chi connectivity index (χ3v) is 2.92. The van der Waals surface area contributed by atoms with Crippen LogP contribution in [0, 0.1) is 11.6 Å². The molecule has 100 valence electrons. The molecular weight excluding hydrogens is 316 g/mol. The van der Waals surface area contributed by atoms with Gasteiger partial charge < -0.3 is 10.1 Å². The van der Waals surface area contributed by atoms with Crippen molar-refractivity contribution in [2.24, 2.45) is 0 Å². The van der Waals surface area contributed by atoms with E-state index in [9.17, 15) is 8.78 Å². The highest BCUT2D eigenvalue weighted by Gasteiger charge is 2.03. The molecule has 2 aromatic carbocycles. The molecule has 0 saturated heterocycles. The summed E-state index contributed by atoms with van der Waals surface area (Å²) in [5.41, 5.74) is 0.791.